The van der Waals surface area contributed by atoms with E-state index in [1.54, 1.807) is 6.92 Å². The molecule has 0 radical (unpaired) electrons. The number of ether oxygens (including phenoxy) is 2. The highest BCUT2D eigenvalue weighted by Gasteiger charge is 2.17. The summed E-state index contributed by atoms with van der Waals surface area (Å²) in [4.78, 5) is 21.3. The molecular weight excluding hydrogens is 210 g/mol. The molecule has 0 aromatic rings. The molecule has 0 aromatic carbocycles. The molecule has 0 aromatic heterocycles. The van der Waals surface area contributed by atoms with E-state index in [4.69, 9.17) is 0 Å². The first kappa shape index (κ1) is 13.8. The van der Waals surface area contributed by atoms with Crippen LogP contribution in [-0.4, -0.2) is 31.6 Å². The zero-order chi connectivity index (χ0) is 11.8. The van der Waals surface area contributed by atoms with Gasteiger partial charge < -0.3 is 9.47 Å². The van der Waals surface area contributed by atoms with Gasteiger partial charge in [0.2, 0.25) is 0 Å². The second-order valence-corrected chi connectivity index (χ2v) is 2.94. The van der Waals surface area contributed by atoms with Crippen LogP contribution >= 0.6 is 0 Å². The van der Waals surface area contributed by atoms with Gasteiger partial charge >= 0.3 is 18.4 Å². The van der Waals surface area contributed by atoms with Crippen molar-refractivity contribution in [3.8, 4) is 0 Å². The second-order valence-electron chi connectivity index (χ2n) is 2.94. The van der Waals surface area contributed by atoms with Gasteiger partial charge in [0.1, 0.15) is 13.2 Å². The monoisotopic (exact) mass is 224 g/mol. The van der Waals surface area contributed by atoms with Gasteiger partial charge in [-0.2, -0.15) is 8.78 Å². The van der Waals surface area contributed by atoms with Gasteiger partial charge in [0, 0.05) is 0 Å². The van der Waals surface area contributed by atoms with Crippen LogP contribution in [0.1, 0.15) is 20.3 Å². The summed E-state index contributed by atoms with van der Waals surface area (Å²) >= 11 is 0. The van der Waals surface area contributed by atoms with Crippen LogP contribution in [0.2, 0.25) is 0 Å². The normalized spacial score (nSPS) is 12.3. The summed E-state index contributed by atoms with van der Waals surface area (Å²) in [5.41, 5.74) is 0. The molecule has 0 heterocycles. The van der Waals surface area contributed by atoms with Crippen molar-refractivity contribution in [1.82, 2.24) is 0 Å². The molecule has 6 heteroatoms. The molecule has 0 amide bonds. The van der Waals surface area contributed by atoms with Gasteiger partial charge in [-0.15, -0.1) is 0 Å². The maximum absolute atomic E-state index is 11.6. The van der Waals surface area contributed by atoms with E-state index < -0.39 is 18.4 Å². The zero-order valence-electron chi connectivity index (χ0n) is 8.66. The lowest BCUT2D eigenvalue weighted by molar-refractivity contribution is -0.161. The molecule has 0 aliphatic carbocycles. The molecule has 0 bridgehead atoms. The van der Waals surface area contributed by atoms with Gasteiger partial charge in [-0.3, -0.25) is 4.79 Å². The Bertz CT molecular complexity index is 218. The molecule has 15 heavy (non-hydrogen) atoms. The van der Waals surface area contributed by atoms with E-state index in [0.29, 0.717) is 6.42 Å². The molecular formula is C9H14F2O4. The molecule has 88 valence electrons. The van der Waals surface area contributed by atoms with Gasteiger partial charge in [-0.05, 0) is 6.42 Å². The molecule has 0 saturated carbocycles. The lowest BCUT2D eigenvalue weighted by Gasteiger charge is -2.09. The predicted octanol–water partition coefficient (Wildman–Crippen LogP) is 1.38. The van der Waals surface area contributed by atoms with E-state index in [1.807, 2.05) is 6.92 Å². The standard InChI is InChI=1S/C9H14F2O4/c1-3-6(2)8(12)14-4-5-15-9(13)7(10)11/h6-7H,3-5H2,1-2H3. The number of hydrogen-bond acceptors (Lipinski definition) is 4. The van der Waals surface area contributed by atoms with E-state index in [0.717, 1.165) is 0 Å². The second kappa shape index (κ2) is 7.14. The van der Waals surface area contributed by atoms with Gasteiger partial charge in [-0.25, -0.2) is 4.79 Å². The predicted molar refractivity (Wildman–Crippen MR) is 47.4 cm³/mol. The Morgan fingerprint density at radius 1 is 1.13 bits per heavy atom. The van der Waals surface area contributed by atoms with E-state index >= 15 is 0 Å². The van der Waals surface area contributed by atoms with Gasteiger partial charge in [0.25, 0.3) is 0 Å². The Morgan fingerprint density at radius 2 is 1.60 bits per heavy atom. The Kier molecular flexibility index (Phi) is 6.57. The number of alkyl halides is 2. The summed E-state index contributed by atoms with van der Waals surface area (Å²) in [6, 6.07) is 0. The average Bonchev–Trinajstić information content (AvgIpc) is 2.22. The van der Waals surface area contributed by atoms with Crippen molar-refractivity contribution in [3.63, 3.8) is 0 Å². The Hall–Kier alpha value is -1.20. The summed E-state index contributed by atoms with van der Waals surface area (Å²) < 4.78 is 32.0. The van der Waals surface area contributed by atoms with E-state index in [1.165, 1.54) is 0 Å². The lowest BCUT2D eigenvalue weighted by Crippen LogP contribution is -2.20. The van der Waals surface area contributed by atoms with Crippen LogP contribution in [0.5, 0.6) is 0 Å². The summed E-state index contributed by atoms with van der Waals surface area (Å²) in [6.45, 7) is 2.98. The number of hydrogen-bond donors (Lipinski definition) is 0. The highest BCUT2D eigenvalue weighted by Crippen LogP contribution is 2.03. The number of esters is 2. The topological polar surface area (TPSA) is 52.6 Å². The minimum atomic E-state index is -3.14. The van der Waals surface area contributed by atoms with Crippen LogP contribution in [0.25, 0.3) is 0 Å². The third-order valence-electron chi connectivity index (χ3n) is 1.76. The zero-order valence-corrected chi connectivity index (χ0v) is 8.66. The number of halogens is 2. The summed E-state index contributed by atoms with van der Waals surface area (Å²) in [6.07, 6.45) is -2.51. The van der Waals surface area contributed by atoms with Crippen molar-refractivity contribution < 1.29 is 27.8 Å². The van der Waals surface area contributed by atoms with E-state index in [2.05, 4.69) is 9.47 Å². The van der Waals surface area contributed by atoms with Crippen LogP contribution < -0.4 is 0 Å². The van der Waals surface area contributed by atoms with Crippen molar-refractivity contribution in [2.45, 2.75) is 26.7 Å². The van der Waals surface area contributed by atoms with E-state index in [-0.39, 0.29) is 19.1 Å². The van der Waals surface area contributed by atoms with Crippen molar-refractivity contribution in [2.24, 2.45) is 5.92 Å². The quantitative estimate of drug-likeness (QED) is 0.505. The van der Waals surface area contributed by atoms with Gasteiger partial charge in [0.05, 0.1) is 5.92 Å². The fourth-order valence-electron chi connectivity index (χ4n) is 0.656. The molecule has 4 nitrogen and oxygen atoms in total. The van der Waals surface area contributed by atoms with Crippen LogP contribution in [0.3, 0.4) is 0 Å². The highest BCUT2D eigenvalue weighted by molar-refractivity contribution is 5.73. The molecule has 1 atom stereocenters. The first-order valence-electron chi connectivity index (χ1n) is 4.60. The third-order valence-corrected chi connectivity index (χ3v) is 1.76. The Labute approximate surface area is 86.5 Å². The summed E-state index contributed by atoms with van der Waals surface area (Å²) in [7, 11) is 0. The average molecular weight is 224 g/mol. The molecule has 0 N–H and O–H groups in total. The molecule has 0 spiro atoms. The third kappa shape index (κ3) is 5.98. The number of rotatable bonds is 6. The maximum Gasteiger partial charge on any atom is 0.373 e. The molecule has 1 unspecified atom stereocenters. The molecule has 0 fully saturated rings. The molecule has 0 rings (SSSR count). The Morgan fingerprint density at radius 3 is 2.00 bits per heavy atom. The van der Waals surface area contributed by atoms with Crippen LogP contribution in [-0.2, 0) is 19.1 Å². The SMILES string of the molecule is CCC(C)C(=O)OCCOC(=O)C(F)F. The van der Waals surface area contributed by atoms with Crippen LogP contribution in [0, 0.1) is 5.92 Å². The van der Waals surface area contributed by atoms with Gasteiger partial charge in [-0.1, -0.05) is 13.8 Å². The lowest BCUT2D eigenvalue weighted by atomic mass is 10.1. The van der Waals surface area contributed by atoms with Crippen LogP contribution in [0.15, 0.2) is 0 Å². The minimum absolute atomic E-state index is 0.193. The first-order valence-corrected chi connectivity index (χ1v) is 4.60. The van der Waals surface area contributed by atoms with Crippen molar-refractivity contribution in [2.75, 3.05) is 13.2 Å². The molecule has 0 aliphatic rings. The largest absolute Gasteiger partial charge is 0.462 e. The van der Waals surface area contributed by atoms with Crippen LogP contribution in [0.4, 0.5) is 8.78 Å². The summed E-state index contributed by atoms with van der Waals surface area (Å²) in [5.74, 6) is -2.27. The molecule has 0 aliphatic heterocycles. The maximum atomic E-state index is 11.6. The number of carbonyl (C=O) groups excluding carboxylic acids is 2. The summed E-state index contributed by atoms with van der Waals surface area (Å²) in [5, 5.41) is 0. The van der Waals surface area contributed by atoms with Crippen molar-refractivity contribution in [1.29, 1.82) is 0 Å². The van der Waals surface area contributed by atoms with Gasteiger partial charge in [0.15, 0.2) is 0 Å². The Balaban J connectivity index is 3.55. The van der Waals surface area contributed by atoms with Crippen molar-refractivity contribution >= 4 is 11.9 Å². The smallest absolute Gasteiger partial charge is 0.373 e. The minimum Gasteiger partial charge on any atom is -0.462 e. The first-order chi connectivity index (χ1) is 6.99. The van der Waals surface area contributed by atoms with Crippen molar-refractivity contribution in [3.05, 3.63) is 0 Å². The molecule has 0 saturated heterocycles. The number of carbonyl (C=O) groups is 2. The fraction of sp³-hybridized carbons (Fsp3) is 0.778. The van der Waals surface area contributed by atoms with E-state index in [9.17, 15) is 18.4 Å². The fourth-order valence-corrected chi connectivity index (χ4v) is 0.656. The highest BCUT2D eigenvalue weighted by atomic mass is 19.3.